The molecule has 0 radical (unpaired) electrons. The molecule has 1 fully saturated rings. The SMILES string of the molecule is N=C(ON)c1ncc(C(F)(F)F)cc1N1CCOC(C(F)(F)F)C1. The van der Waals surface area contributed by atoms with E-state index in [2.05, 4.69) is 14.6 Å². The van der Waals surface area contributed by atoms with Crippen molar-refractivity contribution in [2.24, 2.45) is 5.90 Å². The van der Waals surface area contributed by atoms with Gasteiger partial charge in [0.1, 0.15) is 5.69 Å². The summed E-state index contributed by atoms with van der Waals surface area (Å²) >= 11 is 0. The van der Waals surface area contributed by atoms with Gasteiger partial charge in [-0.15, -0.1) is 0 Å². The van der Waals surface area contributed by atoms with Crippen molar-refractivity contribution < 1.29 is 35.9 Å². The lowest BCUT2D eigenvalue weighted by atomic mass is 10.1. The molecule has 2 heterocycles. The van der Waals surface area contributed by atoms with Gasteiger partial charge in [-0.1, -0.05) is 0 Å². The van der Waals surface area contributed by atoms with Crippen molar-refractivity contribution in [3.63, 3.8) is 0 Å². The van der Waals surface area contributed by atoms with E-state index in [0.29, 0.717) is 12.3 Å². The molecule has 2 rings (SSSR count). The lowest BCUT2D eigenvalue weighted by molar-refractivity contribution is -0.221. The summed E-state index contributed by atoms with van der Waals surface area (Å²) in [4.78, 5) is 8.62. The smallest absolute Gasteiger partial charge is 0.389 e. The number of hydrogen-bond acceptors (Lipinski definition) is 6. The third-order valence-electron chi connectivity index (χ3n) is 3.30. The first-order chi connectivity index (χ1) is 11.0. The largest absolute Gasteiger partial charge is 0.417 e. The fourth-order valence-electron chi connectivity index (χ4n) is 2.15. The van der Waals surface area contributed by atoms with Crippen LogP contribution in [0.3, 0.4) is 0 Å². The van der Waals surface area contributed by atoms with Crippen LogP contribution in [0.5, 0.6) is 0 Å². The molecule has 0 amide bonds. The van der Waals surface area contributed by atoms with E-state index in [-0.39, 0.29) is 18.8 Å². The molecule has 1 atom stereocenters. The predicted octanol–water partition coefficient (Wildman–Crippen LogP) is 2.08. The second-order valence-corrected chi connectivity index (χ2v) is 4.88. The minimum atomic E-state index is -4.75. The van der Waals surface area contributed by atoms with Crippen LogP contribution in [0.4, 0.5) is 32.0 Å². The van der Waals surface area contributed by atoms with Crippen molar-refractivity contribution in [1.82, 2.24) is 4.98 Å². The summed E-state index contributed by atoms with van der Waals surface area (Å²) in [5.74, 6) is 4.04. The second-order valence-electron chi connectivity index (χ2n) is 4.88. The average molecular weight is 358 g/mol. The van der Waals surface area contributed by atoms with Crippen LogP contribution in [0, 0.1) is 5.41 Å². The molecule has 0 aromatic carbocycles. The molecule has 1 aromatic rings. The highest BCUT2D eigenvalue weighted by molar-refractivity contribution is 5.95. The van der Waals surface area contributed by atoms with Crippen LogP contribution >= 0.6 is 0 Å². The Morgan fingerprint density at radius 3 is 2.54 bits per heavy atom. The molecule has 1 aliphatic rings. The quantitative estimate of drug-likeness (QED) is 0.366. The molecule has 3 N–H and O–H groups in total. The number of hydrogen-bond donors (Lipinski definition) is 2. The van der Waals surface area contributed by atoms with Crippen molar-refractivity contribution >= 4 is 11.6 Å². The Bertz CT molecular complexity index is 619. The lowest BCUT2D eigenvalue weighted by Crippen LogP contribution is -2.49. The van der Waals surface area contributed by atoms with E-state index in [9.17, 15) is 26.3 Å². The Hall–Kier alpha value is -2.08. The zero-order valence-corrected chi connectivity index (χ0v) is 11.9. The number of nitrogens with zero attached hydrogens (tertiary/aromatic N) is 2. The fraction of sp³-hybridized carbons (Fsp3) is 0.500. The van der Waals surface area contributed by atoms with Gasteiger partial charge in [-0.3, -0.25) is 5.41 Å². The average Bonchev–Trinajstić information content (AvgIpc) is 2.52. The molecule has 1 aliphatic heterocycles. The molecule has 134 valence electrons. The zero-order valence-electron chi connectivity index (χ0n) is 11.9. The minimum absolute atomic E-state index is 0.111. The summed E-state index contributed by atoms with van der Waals surface area (Å²) in [5, 5.41) is 7.47. The van der Waals surface area contributed by atoms with E-state index < -0.39 is 42.2 Å². The normalized spacial score (nSPS) is 19.3. The Labute approximate surface area is 131 Å². The van der Waals surface area contributed by atoms with E-state index in [1.165, 1.54) is 0 Å². The van der Waals surface area contributed by atoms with Crippen LogP contribution in [-0.4, -0.2) is 42.9 Å². The first-order valence-electron chi connectivity index (χ1n) is 6.50. The number of pyridine rings is 1. The van der Waals surface area contributed by atoms with Gasteiger partial charge in [0.15, 0.2) is 6.10 Å². The molecule has 24 heavy (non-hydrogen) atoms. The summed E-state index contributed by atoms with van der Waals surface area (Å²) in [5.41, 5.74) is -1.90. The highest BCUT2D eigenvalue weighted by Gasteiger charge is 2.44. The molecule has 1 aromatic heterocycles. The van der Waals surface area contributed by atoms with Crippen LogP contribution in [0.1, 0.15) is 11.3 Å². The maximum absolute atomic E-state index is 12.8. The van der Waals surface area contributed by atoms with Gasteiger partial charge in [-0.25, -0.2) is 4.98 Å². The van der Waals surface area contributed by atoms with Crippen LogP contribution in [0.2, 0.25) is 0 Å². The van der Waals surface area contributed by atoms with Gasteiger partial charge >= 0.3 is 12.4 Å². The predicted molar refractivity (Wildman–Crippen MR) is 69.3 cm³/mol. The monoisotopic (exact) mass is 358 g/mol. The van der Waals surface area contributed by atoms with Crippen molar-refractivity contribution in [2.45, 2.75) is 18.5 Å². The maximum atomic E-state index is 12.8. The molecule has 0 spiro atoms. The highest BCUT2D eigenvalue weighted by atomic mass is 19.4. The summed E-state index contributed by atoms with van der Waals surface area (Å²) in [6, 6.07) is 0.606. The molecule has 0 aliphatic carbocycles. The Morgan fingerprint density at radius 2 is 2.00 bits per heavy atom. The zero-order chi connectivity index (χ0) is 18.1. The third kappa shape index (κ3) is 3.87. The number of nitrogens with one attached hydrogen (secondary N) is 1. The Balaban J connectivity index is 2.43. The molecular weight excluding hydrogens is 346 g/mol. The highest BCUT2D eigenvalue weighted by Crippen LogP contribution is 2.34. The van der Waals surface area contributed by atoms with E-state index in [4.69, 9.17) is 11.3 Å². The van der Waals surface area contributed by atoms with E-state index in [1.807, 2.05) is 0 Å². The maximum Gasteiger partial charge on any atom is 0.417 e. The number of alkyl halides is 6. The third-order valence-corrected chi connectivity index (χ3v) is 3.30. The topological polar surface area (TPSA) is 84.5 Å². The first kappa shape index (κ1) is 18.3. The van der Waals surface area contributed by atoms with Crippen LogP contribution in [-0.2, 0) is 15.8 Å². The number of nitrogens with two attached hydrogens (primary N) is 1. The number of ether oxygens (including phenoxy) is 1. The van der Waals surface area contributed by atoms with Gasteiger partial charge in [-0.05, 0) is 6.07 Å². The van der Waals surface area contributed by atoms with Crippen LogP contribution in [0.15, 0.2) is 12.3 Å². The van der Waals surface area contributed by atoms with Gasteiger partial charge in [-0.2, -0.15) is 32.2 Å². The fourth-order valence-corrected chi connectivity index (χ4v) is 2.15. The first-order valence-corrected chi connectivity index (χ1v) is 6.50. The molecule has 0 saturated carbocycles. The minimum Gasteiger partial charge on any atom is -0.389 e. The molecule has 1 saturated heterocycles. The second kappa shape index (κ2) is 6.43. The molecule has 0 bridgehead atoms. The molecule has 12 heteroatoms. The molecule has 6 nitrogen and oxygen atoms in total. The van der Waals surface area contributed by atoms with Crippen molar-refractivity contribution in [3.8, 4) is 0 Å². The van der Waals surface area contributed by atoms with Gasteiger partial charge in [0, 0.05) is 12.7 Å². The van der Waals surface area contributed by atoms with Gasteiger partial charge in [0.2, 0.25) is 0 Å². The summed E-state index contributed by atoms with van der Waals surface area (Å²) < 4.78 is 81.5. The number of anilines is 1. The lowest BCUT2D eigenvalue weighted by Gasteiger charge is -2.36. The van der Waals surface area contributed by atoms with Crippen LogP contribution in [0.25, 0.3) is 0 Å². The standard InChI is InChI=1S/C12H12F6N4O2/c13-11(14,15)6-3-7(9(21-4-6)10(19)24-20)22-1-2-23-8(5-22)12(16,17)18/h3-4,8,19H,1-2,5,20H2. The summed E-state index contributed by atoms with van der Waals surface area (Å²) in [6.07, 6.45) is -11.1. The molecular formula is C12H12F6N4O2. The van der Waals surface area contributed by atoms with Crippen molar-refractivity contribution in [3.05, 3.63) is 23.5 Å². The summed E-state index contributed by atoms with van der Waals surface area (Å²) in [6.45, 7) is -1.20. The Morgan fingerprint density at radius 1 is 1.33 bits per heavy atom. The molecule has 1 unspecified atom stereocenters. The van der Waals surface area contributed by atoms with E-state index >= 15 is 0 Å². The van der Waals surface area contributed by atoms with Crippen molar-refractivity contribution in [2.75, 3.05) is 24.6 Å². The number of morpholine rings is 1. The Kier molecular flexibility index (Phi) is 4.90. The van der Waals surface area contributed by atoms with Gasteiger partial charge < -0.3 is 14.5 Å². The summed E-state index contributed by atoms with van der Waals surface area (Å²) in [7, 11) is 0. The number of halogens is 6. The number of rotatable bonds is 2. The van der Waals surface area contributed by atoms with E-state index in [1.54, 1.807) is 0 Å². The van der Waals surface area contributed by atoms with Gasteiger partial charge in [0.05, 0.1) is 24.4 Å². The van der Waals surface area contributed by atoms with E-state index in [0.717, 1.165) is 4.90 Å². The van der Waals surface area contributed by atoms with Gasteiger partial charge in [0.25, 0.3) is 5.90 Å². The van der Waals surface area contributed by atoms with Crippen LogP contribution < -0.4 is 10.8 Å². The van der Waals surface area contributed by atoms with Crippen molar-refractivity contribution in [1.29, 1.82) is 5.41 Å². The number of aromatic nitrogens is 1.